The molecule has 0 amide bonds. The third-order valence-corrected chi connectivity index (χ3v) is 5.41. The van der Waals surface area contributed by atoms with Crippen LogP contribution in [0.25, 0.3) is 0 Å². The van der Waals surface area contributed by atoms with Crippen molar-refractivity contribution in [1.82, 2.24) is 4.98 Å². The van der Waals surface area contributed by atoms with Crippen LogP contribution in [-0.4, -0.2) is 13.4 Å². The van der Waals surface area contributed by atoms with E-state index in [0.717, 1.165) is 21.4 Å². The molecule has 2 heterocycles. The zero-order chi connectivity index (χ0) is 13.2. The van der Waals surface area contributed by atoms with Crippen LogP contribution in [-0.2, 0) is 16.6 Å². The van der Waals surface area contributed by atoms with Gasteiger partial charge in [-0.05, 0) is 45.1 Å². The third-order valence-electron chi connectivity index (χ3n) is 2.10. The smallest absolute Gasteiger partial charge is 0.272 e. The van der Waals surface area contributed by atoms with Crippen LogP contribution in [0.15, 0.2) is 38.5 Å². The molecule has 0 fully saturated rings. The van der Waals surface area contributed by atoms with Crippen molar-refractivity contribution in [1.29, 1.82) is 0 Å². The van der Waals surface area contributed by atoms with Gasteiger partial charge < -0.3 is 5.73 Å². The van der Waals surface area contributed by atoms with Gasteiger partial charge in [0, 0.05) is 17.2 Å². The second-order valence-corrected chi connectivity index (χ2v) is 7.18. The maximum atomic E-state index is 12.0. The van der Waals surface area contributed by atoms with E-state index in [1.807, 2.05) is 0 Å². The maximum Gasteiger partial charge on any atom is 0.272 e. The van der Waals surface area contributed by atoms with Crippen molar-refractivity contribution in [3.8, 4) is 0 Å². The summed E-state index contributed by atoms with van der Waals surface area (Å²) in [5.74, 6) is 0.279. The van der Waals surface area contributed by atoms with Gasteiger partial charge in [-0.25, -0.2) is 13.4 Å². The molecule has 2 aromatic heterocycles. The van der Waals surface area contributed by atoms with Crippen molar-refractivity contribution < 1.29 is 8.42 Å². The van der Waals surface area contributed by atoms with Gasteiger partial charge in [-0.1, -0.05) is 0 Å². The molecule has 0 aliphatic rings. The second kappa shape index (κ2) is 5.35. The Hall–Kier alpha value is -0.960. The molecule has 0 aliphatic carbocycles. The lowest BCUT2D eigenvalue weighted by atomic mass is 10.4. The van der Waals surface area contributed by atoms with E-state index in [1.165, 1.54) is 6.20 Å². The number of halogens is 1. The molecule has 0 saturated heterocycles. The number of thiophene rings is 1. The zero-order valence-electron chi connectivity index (χ0n) is 9.13. The van der Waals surface area contributed by atoms with Gasteiger partial charge in [-0.2, -0.15) is 0 Å². The highest BCUT2D eigenvalue weighted by molar-refractivity contribution is 9.10. The summed E-state index contributed by atoms with van der Waals surface area (Å²) in [6, 6.07) is 4.86. The van der Waals surface area contributed by atoms with Gasteiger partial charge in [0.25, 0.3) is 10.0 Å². The monoisotopic (exact) mass is 347 g/mol. The first kappa shape index (κ1) is 13.5. The molecule has 3 N–H and O–H groups in total. The number of nitrogens with two attached hydrogens (primary N) is 1. The Morgan fingerprint density at radius 2 is 2.22 bits per heavy atom. The molecule has 0 bridgehead atoms. The van der Waals surface area contributed by atoms with Crippen molar-refractivity contribution in [2.75, 3.05) is 4.72 Å². The van der Waals surface area contributed by atoms with Crippen LogP contribution >= 0.6 is 27.3 Å². The predicted octanol–water partition coefficient (Wildman–Crippen LogP) is 2.17. The molecule has 8 heteroatoms. The van der Waals surface area contributed by atoms with Gasteiger partial charge in [0.05, 0.1) is 0 Å². The number of anilines is 1. The lowest BCUT2D eigenvalue weighted by Gasteiger charge is -2.04. The minimum absolute atomic E-state index is 0.229. The Bertz CT molecular complexity index is 637. The molecule has 0 aromatic carbocycles. The minimum atomic E-state index is -3.58. The van der Waals surface area contributed by atoms with Crippen LogP contribution in [0.2, 0.25) is 0 Å². The van der Waals surface area contributed by atoms with E-state index in [9.17, 15) is 8.42 Å². The Morgan fingerprint density at radius 1 is 1.44 bits per heavy atom. The highest BCUT2D eigenvalue weighted by Gasteiger charge is 2.17. The SMILES string of the molecule is NCc1csc(S(=O)(=O)Nc2ccc(Br)cn2)c1. The fourth-order valence-electron chi connectivity index (χ4n) is 1.23. The number of rotatable bonds is 4. The summed E-state index contributed by atoms with van der Waals surface area (Å²) in [7, 11) is -3.58. The van der Waals surface area contributed by atoms with E-state index in [-0.39, 0.29) is 10.0 Å². The number of aromatic nitrogens is 1. The van der Waals surface area contributed by atoms with E-state index in [1.54, 1.807) is 23.6 Å². The molecule has 0 unspecified atom stereocenters. The first-order valence-corrected chi connectivity index (χ1v) is 8.09. The van der Waals surface area contributed by atoms with Crippen molar-refractivity contribution in [3.63, 3.8) is 0 Å². The summed E-state index contributed by atoms with van der Waals surface area (Å²) in [4.78, 5) is 3.96. The van der Waals surface area contributed by atoms with Gasteiger partial charge in [0.15, 0.2) is 0 Å². The maximum absolute atomic E-state index is 12.0. The van der Waals surface area contributed by atoms with Gasteiger partial charge in [-0.3, -0.25) is 4.72 Å². The van der Waals surface area contributed by atoms with Gasteiger partial charge >= 0.3 is 0 Å². The van der Waals surface area contributed by atoms with Crippen LogP contribution in [0.1, 0.15) is 5.56 Å². The summed E-state index contributed by atoms with van der Waals surface area (Å²) in [5, 5.41) is 1.73. The molecule has 18 heavy (non-hydrogen) atoms. The van der Waals surface area contributed by atoms with E-state index < -0.39 is 10.0 Å². The quantitative estimate of drug-likeness (QED) is 0.887. The molecule has 0 atom stereocenters. The molecular formula is C10H10BrN3O2S2. The standard InChI is InChI=1S/C10H10BrN3O2S2/c11-8-1-2-9(13-5-8)14-18(15,16)10-3-7(4-12)6-17-10/h1-3,5-6H,4,12H2,(H,13,14). The van der Waals surface area contributed by atoms with Crippen molar-refractivity contribution >= 4 is 43.1 Å². The average Bonchev–Trinajstić information content (AvgIpc) is 2.81. The van der Waals surface area contributed by atoms with Crippen LogP contribution in [0, 0.1) is 0 Å². The third kappa shape index (κ3) is 3.08. The normalized spacial score (nSPS) is 11.4. The summed E-state index contributed by atoms with van der Waals surface area (Å²) >= 11 is 4.37. The van der Waals surface area contributed by atoms with Crippen LogP contribution < -0.4 is 10.5 Å². The number of hydrogen-bond acceptors (Lipinski definition) is 5. The van der Waals surface area contributed by atoms with Gasteiger partial charge in [0.2, 0.25) is 0 Å². The van der Waals surface area contributed by atoms with E-state index >= 15 is 0 Å². The van der Waals surface area contributed by atoms with E-state index in [0.29, 0.717) is 6.54 Å². The number of nitrogens with one attached hydrogen (secondary N) is 1. The zero-order valence-corrected chi connectivity index (χ0v) is 12.3. The van der Waals surface area contributed by atoms with Crippen molar-refractivity contribution in [3.05, 3.63) is 39.8 Å². The van der Waals surface area contributed by atoms with E-state index in [4.69, 9.17) is 5.73 Å². The largest absolute Gasteiger partial charge is 0.326 e. The minimum Gasteiger partial charge on any atom is -0.326 e. The molecule has 0 radical (unpaired) electrons. The Morgan fingerprint density at radius 3 is 2.78 bits per heavy atom. The Kier molecular flexibility index (Phi) is 4.00. The molecule has 96 valence electrons. The number of hydrogen-bond donors (Lipinski definition) is 2. The molecule has 2 rings (SSSR count). The van der Waals surface area contributed by atoms with Gasteiger partial charge in [-0.15, -0.1) is 11.3 Å². The lowest BCUT2D eigenvalue weighted by Crippen LogP contribution is -2.12. The average molecular weight is 348 g/mol. The van der Waals surface area contributed by atoms with Crippen LogP contribution in [0.3, 0.4) is 0 Å². The predicted molar refractivity (Wildman–Crippen MR) is 75.0 cm³/mol. The number of pyridine rings is 1. The topological polar surface area (TPSA) is 85.1 Å². The van der Waals surface area contributed by atoms with Gasteiger partial charge in [0.1, 0.15) is 10.0 Å². The molecule has 0 spiro atoms. The molecule has 0 saturated carbocycles. The molecular weight excluding hydrogens is 338 g/mol. The summed E-state index contributed by atoms with van der Waals surface area (Å²) in [5.41, 5.74) is 6.25. The summed E-state index contributed by atoms with van der Waals surface area (Å²) in [6.45, 7) is 0.322. The first-order chi connectivity index (χ1) is 8.51. The summed E-state index contributed by atoms with van der Waals surface area (Å²) in [6.07, 6.45) is 1.53. The molecule has 2 aromatic rings. The molecule has 0 aliphatic heterocycles. The number of sulfonamides is 1. The molecule has 5 nitrogen and oxygen atoms in total. The Balaban J connectivity index is 2.24. The Labute approximate surface area is 117 Å². The fourth-order valence-corrected chi connectivity index (χ4v) is 3.69. The highest BCUT2D eigenvalue weighted by Crippen LogP contribution is 2.22. The fraction of sp³-hybridized carbons (Fsp3) is 0.100. The van der Waals surface area contributed by atoms with Crippen molar-refractivity contribution in [2.45, 2.75) is 10.8 Å². The van der Waals surface area contributed by atoms with Crippen LogP contribution in [0.4, 0.5) is 5.82 Å². The van der Waals surface area contributed by atoms with Crippen molar-refractivity contribution in [2.24, 2.45) is 5.73 Å². The van der Waals surface area contributed by atoms with Crippen LogP contribution in [0.5, 0.6) is 0 Å². The highest BCUT2D eigenvalue weighted by atomic mass is 79.9. The number of nitrogens with zero attached hydrogens (tertiary/aromatic N) is 1. The van der Waals surface area contributed by atoms with E-state index in [2.05, 4.69) is 25.6 Å². The summed E-state index contributed by atoms with van der Waals surface area (Å²) < 4.78 is 27.5. The second-order valence-electron chi connectivity index (χ2n) is 3.45. The first-order valence-electron chi connectivity index (χ1n) is 4.93. The lowest BCUT2D eigenvalue weighted by molar-refractivity contribution is 0.603.